The first-order valence-electron chi connectivity index (χ1n) is 11.2. The molecule has 1 saturated heterocycles. The number of ether oxygens (including phenoxy) is 1. The average molecular weight is 490 g/mol. The predicted molar refractivity (Wildman–Crippen MR) is 130 cm³/mol. The molecule has 0 saturated carbocycles. The molecule has 1 aromatic carbocycles. The van der Waals surface area contributed by atoms with Gasteiger partial charge in [-0.1, -0.05) is 48.2 Å². The average Bonchev–Trinajstić information content (AvgIpc) is 3.49. The Balaban J connectivity index is 1.24. The quantitative estimate of drug-likeness (QED) is 0.466. The van der Waals surface area contributed by atoms with Crippen LogP contribution in [0.5, 0.6) is 5.75 Å². The predicted octanol–water partition coefficient (Wildman–Crippen LogP) is 2.52. The number of thioether (sulfide) groups is 1. The summed E-state index contributed by atoms with van der Waals surface area (Å²) in [5, 5.41) is 4.33. The second-order valence-corrected chi connectivity index (χ2v) is 9.42. The molecule has 10 heteroatoms. The van der Waals surface area contributed by atoms with Gasteiger partial charge in [0.25, 0.3) is 11.7 Å². The Morgan fingerprint density at radius 3 is 2.60 bits per heavy atom. The Labute approximate surface area is 206 Å². The van der Waals surface area contributed by atoms with Crippen LogP contribution in [0.4, 0.5) is 0 Å². The molecule has 9 nitrogen and oxygen atoms in total. The van der Waals surface area contributed by atoms with Crippen LogP contribution >= 0.6 is 11.8 Å². The molecule has 1 aliphatic heterocycles. The molecule has 35 heavy (non-hydrogen) atoms. The number of carbonyl (C=O) groups excluding carboxylic acids is 3. The maximum absolute atomic E-state index is 13.2. The number of hydrogen-bond acceptors (Lipinski definition) is 8. The van der Waals surface area contributed by atoms with Crippen molar-refractivity contribution < 1.29 is 19.1 Å². The van der Waals surface area contributed by atoms with Crippen molar-refractivity contribution in [3.63, 3.8) is 0 Å². The molecular weight excluding hydrogens is 466 g/mol. The van der Waals surface area contributed by atoms with Gasteiger partial charge in [0.2, 0.25) is 5.12 Å². The van der Waals surface area contributed by atoms with E-state index < -0.39 is 11.7 Å². The summed E-state index contributed by atoms with van der Waals surface area (Å²) in [7, 11) is 1.51. The number of rotatable bonds is 7. The topological polar surface area (TPSA) is 107 Å². The second kappa shape index (κ2) is 9.46. The third-order valence-corrected chi connectivity index (χ3v) is 7.22. The highest BCUT2D eigenvalue weighted by atomic mass is 32.2. The molecule has 0 bridgehead atoms. The zero-order valence-electron chi connectivity index (χ0n) is 19.3. The van der Waals surface area contributed by atoms with Crippen LogP contribution in [0.15, 0.2) is 48.9 Å². The maximum Gasteiger partial charge on any atom is 0.294 e. The van der Waals surface area contributed by atoms with E-state index >= 15 is 0 Å². The van der Waals surface area contributed by atoms with Gasteiger partial charge < -0.3 is 9.64 Å². The summed E-state index contributed by atoms with van der Waals surface area (Å²) in [6.07, 6.45) is 5.27. The van der Waals surface area contributed by atoms with E-state index in [1.54, 1.807) is 36.1 Å². The van der Waals surface area contributed by atoms with E-state index in [-0.39, 0.29) is 11.0 Å². The van der Waals surface area contributed by atoms with Crippen molar-refractivity contribution in [3.8, 4) is 11.6 Å². The Morgan fingerprint density at radius 2 is 1.91 bits per heavy atom. The van der Waals surface area contributed by atoms with Crippen LogP contribution in [0, 0.1) is 12.8 Å². The molecule has 2 aliphatic rings. The molecular formula is C25H23N5O4S. The summed E-state index contributed by atoms with van der Waals surface area (Å²) in [5.41, 5.74) is 2.32. The van der Waals surface area contributed by atoms with Crippen molar-refractivity contribution in [2.75, 3.05) is 26.0 Å². The van der Waals surface area contributed by atoms with Gasteiger partial charge in [-0.2, -0.15) is 5.10 Å². The van der Waals surface area contributed by atoms with Gasteiger partial charge in [-0.25, -0.2) is 14.6 Å². The Hall–Kier alpha value is -3.79. The Morgan fingerprint density at radius 1 is 1.14 bits per heavy atom. The number of fused-ring (bicyclic) bond motifs is 1. The lowest BCUT2D eigenvalue weighted by atomic mass is 9.98. The maximum atomic E-state index is 13.2. The number of carbonyl (C=O) groups is 3. The van der Waals surface area contributed by atoms with Crippen LogP contribution < -0.4 is 4.74 Å². The molecule has 3 heterocycles. The first-order valence-corrected chi connectivity index (χ1v) is 12.2. The van der Waals surface area contributed by atoms with Gasteiger partial charge in [-0.05, 0) is 13.3 Å². The van der Waals surface area contributed by atoms with E-state index in [0.29, 0.717) is 59.4 Å². The monoisotopic (exact) mass is 489 g/mol. The minimum absolute atomic E-state index is 0.0123. The van der Waals surface area contributed by atoms with Gasteiger partial charge in [0.1, 0.15) is 17.9 Å². The fraction of sp³-hybridized carbons (Fsp3) is 0.280. The van der Waals surface area contributed by atoms with Gasteiger partial charge in [0, 0.05) is 47.0 Å². The molecule has 3 aromatic rings. The Kier molecular flexibility index (Phi) is 6.21. The van der Waals surface area contributed by atoms with Gasteiger partial charge in [-0.15, -0.1) is 0 Å². The molecule has 178 valence electrons. The molecule has 0 atom stereocenters. The Bertz CT molecular complexity index is 1350. The molecule has 5 rings (SSSR count). The molecule has 1 aliphatic carbocycles. The largest absolute Gasteiger partial charge is 0.494 e. The minimum Gasteiger partial charge on any atom is -0.494 e. The molecule has 0 radical (unpaired) electrons. The van der Waals surface area contributed by atoms with Crippen LogP contribution in [-0.4, -0.2) is 67.4 Å². The number of hydrogen-bond donors (Lipinski definition) is 0. The van der Waals surface area contributed by atoms with E-state index in [9.17, 15) is 14.4 Å². The van der Waals surface area contributed by atoms with E-state index in [1.807, 2.05) is 18.2 Å². The molecule has 2 aromatic heterocycles. The lowest BCUT2D eigenvalue weighted by Crippen LogP contribution is -2.53. The van der Waals surface area contributed by atoms with Gasteiger partial charge in [0.05, 0.1) is 13.3 Å². The van der Waals surface area contributed by atoms with Crippen molar-refractivity contribution >= 4 is 34.1 Å². The van der Waals surface area contributed by atoms with E-state index in [0.717, 1.165) is 5.56 Å². The third-order valence-electron chi connectivity index (χ3n) is 6.09. The van der Waals surface area contributed by atoms with Gasteiger partial charge in [0.15, 0.2) is 5.82 Å². The fourth-order valence-corrected chi connectivity index (χ4v) is 5.18. The fourth-order valence-electron chi connectivity index (χ4n) is 4.27. The number of likely N-dealkylation sites (tertiary alicyclic amines) is 1. The third kappa shape index (κ3) is 4.37. The number of methoxy groups -OCH3 is 1. The summed E-state index contributed by atoms with van der Waals surface area (Å²) in [6, 6.07) is 9.11. The summed E-state index contributed by atoms with van der Waals surface area (Å²) in [4.78, 5) is 48.6. The van der Waals surface area contributed by atoms with Crippen molar-refractivity contribution in [1.29, 1.82) is 0 Å². The zero-order chi connectivity index (χ0) is 24.5. The van der Waals surface area contributed by atoms with Crippen LogP contribution in [-0.2, 0) is 16.0 Å². The number of aryl methyl sites for hydroxylation is 1. The number of pyridine rings is 1. The van der Waals surface area contributed by atoms with Crippen LogP contribution in [0.3, 0.4) is 0 Å². The molecule has 0 spiro atoms. The van der Waals surface area contributed by atoms with Crippen LogP contribution in [0.2, 0.25) is 0 Å². The zero-order valence-corrected chi connectivity index (χ0v) is 20.1. The molecule has 1 amide bonds. The van der Waals surface area contributed by atoms with Crippen LogP contribution in [0.25, 0.3) is 11.4 Å². The number of ketones is 1. The highest BCUT2D eigenvalue weighted by molar-refractivity contribution is 8.14. The highest BCUT2D eigenvalue weighted by Crippen LogP contribution is 2.38. The number of aromatic nitrogens is 4. The molecule has 0 unspecified atom stereocenters. The summed E-state index contributed by atoms with van der Waals surface area (Å²) in [6.45, 7) is 2.69. The van der Waals surface area contributed by atoms with Gasteiger partial charge in [-0.3, -0.25) is 14.4 Å². The standard InChI is InChI=1S/C25H23N5O4S/c1-15-27-14-30(28-15)23-19-9-8-18(21(19)20(34-2)10-26-23)22(31)24(32)29-11-16(12-29)13-35-25(33)17-6-4-3-5-7-17/h3-8,10,14,16H,9,11-13H2,1-2H3. The molecule has 1 fully saturated rings. The van der Waals surface area contributed by atoms with Crippen molar-refractivity contribution in [2.24, 2.45) is 5.92 Å². The summed E-state index contributed by atoms with van der Waals surface area (Å²) < 4.78 is 7.02. The second-order valence-electron chi connectivity index (χ2n) is 8.43. The van der Waals surface area contributed by atoms with Crippen molar-refractivity contribution in [3.05, 3.63) is 71.4 Å². The number of nitrogens with zero attached hydrogens (tertiary/aromatic N) is 5. The minimum atomic E-state index is -0.569. The summed E-state index contributed by atoms with van der Waals surface area (Å²) in [5.74, 6) is 1.26. The van der Waals surface area contributed by atoms with Crippen LogP contribution in [0.1, 0.15) is 27.3 Å². The highest BCUT2D eigenvalue weighted by Gasteiger charge is 2.38. The number of Topliss-reactive ketones (excluding diaryl/α,β-unsaturated/α-hetero) is 1. The number of amides is 1. The normalized spacial score (nSPS) is 14.8. The van der Waals surface area contributed by atoms with E-state index in [1.165, 1.54) is 30.0 Å². The van der Waals surface area contributed by atoms with Crippen molar-refractivity contribution in [2.45, 2.75) is 13.3 Å². The SMILES string of the molecule is COc1cnc(-n2cnc(C)n2)c2c1C(C(=O)C(=O)N1CC(CSC(=O)c3ccccc3)C1)=CC2. The smallest absolute Gasteiger partial charge is 0.294 e. The number of benzene rings is 1. The van der Waals surface area contributed by atoms with E-state index in [4.69, 9.17) is 4.74 Å². The van der Waals surface area contributed by atoms with Gasteiger partial charge >= 0.3 is 0 Å². The lowest BCUT2D eigenvalue weighted by Gasteiger charge is -2.38. The summed E-state index contributed by atoms with van der Waals surface area (Å²) >= 11 is 1.25. The lowest BCUT2D eigenvalue weighted by molar-refractivity contribution is -0.145. The van der Waals surface area contributed by atoms with Crippen molar-refractivity contribution in [1.82, 2.24) is 24.6 Å². The van der Waals surface area contributed by atoms with E-state index in [2.05, 4.69) is 15.1 Å². The first-order chi connectivity index (χ1) is 17.0. The first kappa shape index (κ1) is 23.0. The number of allylic oxidation sites excluding steroid dienone is 1. The molecule has 0 N–H and O–H groups in total.